The predicted molar refractivity (Wildman–Crippen MR) is 74.9 cm³/mol. The van der Waals surface area contributed by atoms with Crippen LogP contribution in [0, 0.1) is 5.92 Å². The summed E-state index contributed by atoms with van der Waals surface area (Å²) in [4.78, 5) is 0. The molecule has 0 heterocycles. The number of thioether (sulfide) groups is 1. The Morgan fingerprint density at radius 1 is 1.25 bits per heavy atom. The fourth-order valence-electron chi connectivity index (χ4n) is 1.69. The summed E-state index contributed by atoms with van der Waals surface area (Å²) in [7, 11) is 2.07. The highest BCUT2D eigenvalue weighted by atomic mass is 32.2. The lowest BCUT2D eigenvalue weighted by molar-refractivity contribution is 0.420. The third-order valence-electron chi connectivity index (χ3n) is 3.11. The Labute approximate surface area is 104 Å². The molecule has 0 radical (unpaired) electrons. The van der Waals surface area contributed by atoms with Crippen molar-refractivity contribution in [1.82, 2.24) is 5.32 Å². The van der Waals surface area contributed by atoms with Crippen LogP contribution in [-0.2, 0) is 5.75 Å². The maximum Gasteiger partial charge on any atom is 0.0185 e. The van der Waals surface area contributed by atoms with E-state index in [2.05, 4.69) is 56.5 Å². The van der Waals surface area contributed by atoms with Gasteiger partial charge in [-0.1, -0.05) is 50.6 Å². The molecule has 0 bridgehead atoms. The van der Waals surface area contributed by atoms with Gasteiger partial charge in [0.2, 0.25) is 0 Å². The molecule has 0 spiro atoms. The second-order valence-electron chi connectivity index (χ2n) is 4.28. The molecule has 0 aliphatic rings. The van der Waals surface area contributed by atoms with Crippen LogP contribution in [0.4, 0.5) is 0 Å². The highest BCUT2D eigenvalue weighted by Crippen LogP contribution is 2.17. The summed E-state index contributed by atoms with van der Waals surface area (Å²) in [6.45, 7) is 4.58. The monoisotopic (exact) mass is 237 g/mol. The van der Waals surface area contributed by atoms with E-state index in [-0.39, 0.29) is 0 Å². The highest BCUT2D eigenvalue weighted by Gasteiger charge is 2.12. The summed E-state index contributed by atoms with van der Waals surface area (Å²) in [5, 5.41) is 3.42. The minimum atomic E-state index is 0.638. The average molecular weight is 237 g/mol. The van der Waals surface area contributed by atoms with Crippen LogP contribution in [0.1, 0.15) is 25.8 Å². The molecular weight excluding hydrogens is 214 g/mol. The maximum atomic E-state index is 3.42. The molecule has 1 N–H and O–H groups in total. The lowest BCUT2D eigenvalue weighted by atomic mass is 10.0. The maximum absolute atomic E-state index is 3.42. The lowest BCUT2D eigenvalue weighted by Gasteiger charge is -2.21. The standard InChI is InChI=1S/C14H23NS/c1-4-12(2)14(15-3)11-16-10-13-8-6-5-7-9-13/h5-9,12,14-15H,4,10-11H2,1-3H3. The molecule has 1 aromatic carbocycles. The molecule has 1 nitrogen and oxygen atoms in total. The quantitative estimate of drug-likeness (QED) is 0.778. The van der Waals surface area contributed by atoms with Crippen molar-refractivity contribution in [3.63, 3.8) is 0 Å². The van der Waals surface area contributed by atoms with Crippen molar-refractivity contribution in [2.24, 2.45) is 5.92 Å². The zero-order valence-corrected chi connectivity index (χ0v) is 11.4. The smallest absolute Gasteiger partial charge is 0.0185 e. The van der Waals surface area contributed by atoms with Gasteiger partial charge in [-0.05, 0) is 18.5 Å². The number of rotatable bonds is 7. The van der Waals surface area contributed by atoms with Crippen LogP contribution in [0.15, 0.2) is 30.3 Å². The van der Waals surface area contributed by atoms with Crippen molar-refractivity contribution in [3.05, 3.63) is 35.9 Å². The van der Waals surface area contributed by atoms with E-state index in [0.29, 0.717) is 6.04 Å². The minimum absolute atomic E-state index is 0.638. The predicted octanol–water partition coefficient (Wildman–Crippen LogP) is 3.55. The molecule has 16 heavy (non-hydrogen) atoms. The first-order valence-corrected chi connectivity index (χ1v) is 7.22. The van der Waals surface area contributed by atoms with Crippen LogP contribution in [0.5, 0.6) is 0 Å². The van der Waals surface area contributed by atoms with Gasteiger partial charge in [0.25, 0.3) is 0 Å². The van der Waals surface area contributed by atoms with Gasteiger partial charge in [-0.3, -0.25) is 0 Å². The molecule has 0 saturated carbocycles. The van der Waals surface area contributed by atoms with Crippen molar-refractivity contribution in [2.75, 3.05) is 12.8 Å². The fraction of sp³-hybridized carbons (Fsp3) is 0.571. The van der Waals surface area contributed by atoms with E-state index in [9.17, 15) is 0 Å². The number of nitrogens with one attached hydrogen (secondary N) is 1. The van der Waals surface area contributed by atoms with Gasteiger partial charge in [0, 0.05) is 17.5 Å². The molecule has 2 unspecified atom stereocenters. The van der Waals surface area contributed by atoms with Gasteiger partial charge >= 0.3 is 0 Å². The Morgan fingerprint density at radius 3 is 2.50 bits per heavy atom. The van der Waals surface area contributed by atoms with Crippen molar-refractivity contribution in [1.29, 1.82) is 0 Å². The molecule has 1 aromatic rings. The fourth-order valence-corrected chi connectivity index (χ4v) is 2.99. The first-order valence-electron chi connectivity index (χ1n) is 6.06. The van der Waals surface area contributed by atoms with Crippen LogP contribution in [0.3, 0.4) is 0 Å². The molecule has 90 valence electrons. The van der Waals surface area contributed by atoms with Crippen molar-refractivity contribution in [2.45, 2.75) is 32.1 Å². The van der Waals surface area contributed by atoms with Gasteiger partial charge in [0.05, 0.1) is 0 Å². The lowest BCUT2D eigenvalue weighted by Crippen LogP contribution is -2.34. The molecule has 2 heteroatoms. The van der Waals surface area contributed by atoms with Gasteiger partial charge in [-0.2, -0.15) is 11.8 Å². The van der Waals surface area contributed by atoms with Gasteiger partial charge in [0.1, 0.15) is 0 Å². The number of benzene rings is 1. The normalized spacial score (nSPS) is 14.7. The molecule has 0 saturated heterocycles. The third kappa shape index (κ3) is 4.58. The third-order valence-corrected chi connectivity index (χ3v) is 4.24. The van der Waals surface area contributed by atoms with Crippen LogP contribution < -0.4 is 5.32 Å². The minimum Gasteiger partial charge on any atom is -0.316 e. The Hall–Kier alpha value is -0.470. The zero-order valence-electron chi connectivity index (χ0n) is 10.6. The van der Waals surface area contributed by atoms with Gasteiger partial charge < -0.3 is 5.32 Å². The Morgan fingerprint density at radius 2 is 1.94 bits per heavy atom. The van der Waals surface area contributed by atoms with Crippen molar-refractivity contribution < 1.29 is 0 Å². The van der Waals surface area contributed by atoms with Gasteiger partial charge in [0.15, 0.2) is 0 Å². The van der Waals surface area contributed by atoms with Crippen molar-refractivity contribution >= 4 is 11.8 Å². The number of hydrogen-bond donors (Lipinski definition) is 1. The average Bonchev–Trinajstić information content (AvgIpc) is 2.35. The van der Waals surface area contributed by atoms with Crippen LogP contribution >= 0.6 is 11.8 Å². The summed E-state index contributed by atoms with van der Waals surface area (Å²) in [5.74, 6) is 3.07. The summed E-state index contributed by atoms with van der Waals surface area (Å²) < 4.78 is 0. The summed E-state index contributed by atoms with van der Waals surface area (Å²) in [5.41, 5.74) is 1.42. The molecular formula is C14H23NS. The van der Waals surface area contributed by atoms with Crippen LogP contribution in [-0.4, -0.2) is 18.8 Å². The molecule has 2 atom stereocenters. The van der Waals surface area contributed by atoms with Crippen LogP contribution in [0.2, 0.25) is 0 Å². The number of hydrogen-bond acceptors (Lipinski definition) is 2. The second-order valence-corrected chi connectivity index (χ2v) is 5.31. The Kier molecular flexibility index (Phi) is 6.58. The Bertz CT molecular complexity index is 273. The molecule has 0 aliphatic heterocycles. The summed E-state index contributed by atoms with van der Waals surface area (Å²) in [6.07, 6.45) is 1.25. The first-order chi connectivity index (χ1) is 7.77. The van der Waals surface area contributed by atoms with E-state index in [4.69, 9.17) is 0 Å². The summed E-state index contributed by atoms with van der Waals surface area (Å²) >= 11 is 2.02. The largest absolute Gasteiger partial charge is 0.316 e. The van der Waals surface area contributed by atoms with E-state index in [0.717, 1.165) is 11.7 Å². The zero-order chi connectivity index (χ0) is 11.8. The SMILES string of the molecule is CCC(C)C(CSCc1ccccc1)NC. The van der Waals surface area contributed by atoms with E-state index >= 15 is 0 Å². The molecule has 0 fully saturated rings. The molecule has 1 rings (SSSR count). The highest BCUT2D eigenvalue weighted by molar-refractivity contribution is 7.98. The van der Waals surface area contributed by atoms with Crippen LogP contribution in [0.25, 0.3) is 0 Å². The van der Waals surface area contributed by atoms with E-state index in [1.165, 1.54) is 17.7 Å². The molecule has 0 aliphatic carbocycles. The van der Waals surface area contributed by atoms with E-state index in [1.807, 2.05) is 11.8 Å². The van der Waals surface area contributed by atoms with E-state index < -0.39 is 0 Å². The summed E-state index contributed by atoms with van der Waals surface area (Å²) in [6, 6.07) is 11.3. The van der Waals surface area contributed by atoms with Gasteiger partial charge in [-0.15, -0.1) is 0 Å². The van der Waals surface area contributed by atoms with Crippen molar-refractivity contribution in [3.8, 4) is 0 Å². The Balaban J connectivity index is 2.28. The van der Waals surface area contributed by atoms with Gasteiger partial charge in [-0.25, -0.2) is 0 Å². The topological polar surface area (TPSA) is 12.0 Å². The molecule has 0 amide bonds. The second kappa shape index (κ2) is 7.75. The molecule has 0 aromatic heterocycles. The van der Waals surface area contributed by atoms with E-state index in [1.54, 1.807) is 0 Å². The first kappa shape index (κ1) is 13.6.